The van der Waals surface area contributed by atoms with Crippen molar-refractivity contribution in [3.63, 3.8) is 0 Å². The van der Waals surface area contributed by atoms with Crippen LogP contribution in [-0.4, -0.2) is 44.3 Å². The molecule has 0 radical (unpaired) electrons. The van der Waals surface area contributed by atoms with Gasteiger partial charge >= 0.3 is 6.18 Å². The lowest BCUT2D eigenvalue weighted by atomic mass is 10.1. The van der Waals surface area contributed by atoms with Gasteiger partial charge in [-0.05, 0) is 43.2 Å². The highest BCUT2D eigenvalue weighted by atomic mass is 35.5. The Morgan fingerprint density at radius 2 is 1.97 bits per heavy atom. The van der Waals surface area contributed by atoms with Crippen LogP contribution in [0.1, 0.15) is 39.7 Å². The van der Waals surface area contributed by atoms with E-state index < -0.39 is 29.3 Å². The smallest absolute Gasteiger partial charge is 0.418 e. The summed E-state index contributed by atoms with van der Waals surface area (Å²) in [5, 5.41) is 17.5. The summed E-state index contributed by atoms with van der Waals surface area (Å²) < 4.78 is 47.5. The molecule has 0 aliphatic rings. The normalized spacial score (nSPS) is 12.5. The molecule has 9 nitrogen and oxygen atoms in total. The molecule has 1 atom stereocenters. The van der Waals surface area contributed by atoms with Crippen molar-refractivity contribution in [2.45, 2.75) is 25.6 Å². The minimum Gasteiger partial charge on any atom is -0.480 e. The van der Waals surface area contributed by atoms with Crippen molar-refractivity contribution in [2.75, 3.05) is 19.4 Å². The Labute approximate surface area is 214 Å². The molecule has 0 aliphatic heterocycles. The summed E-state index contributed by atoms with van der Waals surface area (Å²) in [6.45, 7) is 1.67. The van der Waals surface area contributed by atoms with Gasteiger partial charge in [0.1, 0.15) is 17.4 Å². The number of amides is 1. The predicted octanol–water partition coefficient (Wildman–Crippen LogP) is 4.22. The standard InChI is InChI=1S/C24H22ClF3N6O3/c1-12-15(18-10-17(24(26,27)28)20-21(29)31-11-32-34(18)20)9-16(23(33-12)37-2)22(36)30-8-7-19(35)13-3-5-14(25)6-4-13/h3-6,9-11,19,35H,7-8H2,1-2H3,(H,30,36)(H2,29,31,32). The molecule has 4 aromatic rings. The largest absolute Gasteiger partial charge is 0.480 e. The highest BCUT2D eigenvalue weighted by Gasteiger charge is 2.37. The monoisotopic (exact) mass is 534 g/mol. The van der Waals surface area contributed by atoms with E-state index in [1.165, 1.54) is 13.2 Å². The molecule has 3 aromatic heterocycles. The predicted molar refractivity (Wildman–Crippen MR) is 130 cm³/mol. The topological polar surface area (TPSA) is 128 Å². The number of hydrogen-bond donors (Lipinski definition) is 3. The molecule has 3 heterocycles. The van der Waals surface area contributed by atoms with E-state index in [1.54, 1.807) is 31.2 Å². The molecule has 0 saturated carbocycles. The van der Waals surface area contributed by atoms with E-state index in [4.69, 9.17) is 22.1 Å². The van der Waals surface area contributed by atoms with Gasteiger partial charge in [0.25, 0.3) is 5.91 Å². The third kappa shape index (κ3) is 5.30. The summed E-state index contributed by atoms with van der Waals surface area (Å²) in [5.74, 6) is -0.937. The summed E-state index contributed by atoms with van der Waals surface area (Å²) in [6, 6.07) is 8.93. The van der Waals surface area contributed by atoms with Crippen molar-refractivity contribution in [3.05, 3.63) is 70.1 Å². The van der Waals surface area contributed by atoms with Crippen molar-refractivity contribution in [2.24, 2.45) is 0 Å². The minimum atomic E-state index is -4.72. The first-order valence-corrected chi connectivity index (χ1v) is 11.4. The van der Waals surface area contributed by atoms with E-state index in [-0.39, 0.29) is 41.5 Å². The van der Waals surface area contributed by atoms with E-state index in [9.17, 15) is 23.1 Å². The zero-order chi connectivity index (χ0) is 26.9. The van der Waals surface area contributed by atoms with E-state index in [0.717, 1.165) is 16.9 Å². The summed E-state index contributed by atoms with van der Waals surface area (Å²) in [7, 11) is 1.32. The van der Waals surface area contributed by atoms with E-state index in [1.807, 2.05) is 0 Å². The number of aromatic nitrogens is 4. The van der Waals surface area contributed by atoms with Gasteiger partial charge in [-0.3, -0.25) is 4.79 Å². The number of nitrogens with one attached hydrogen (secondary N) is 1. The van der Waals surface area contributed by atoms with Gasteiger partial charge in [-0.2, -0.15) is 18.3 Å². The number of pyridine rings is 1. The van der Waals surface area contributed by atoms with Crippen molar-refractivity contribution < 1.29 is 27.8 Å². The maximum absolute atomic E-state index is 13.7. The number of nitrogens with two attached hydrogens (primary N) is 1. The Morgan fingerprint density at radius 1 is 1.27 bits per heavy atom. The van der Waals surface area contributed by atoms with Crippen molar-refractivity contribution in [1.29, 1.82) is 0 Å². The number of carbonyl (C=O) groups is 1. The molecule has 0 spiro atoms. The number of benzene rings is 1. The van der Waals surface area contributed by atoms with Crippen LogP contribution in [0.15, 0.2) is 42.7 Å². The van der Waals surface area contributed by atoms with Gasteiger partial charge in [-0.15, -0.1) is 0 Å². The fourth-order valence-electron chi connectivity index (χ4n) is 3.91. The van der Waals surface area contributed by atoms with Gasteiger partial charge in [0.15, 0.2) is 5.82 Å². The molecule has 1 amide bonds. The lowest BCUT2D eigenvalue weighted by Crippen LogP contribution is -2.26. The molecular weight excluding hydrogens is 513 g/mol. The van der Waals surface area contributed by atoms with Gasteiger partial charge in [-0.1, -0.05) is 23.7 Å². The summed E-state index contributed by atoms with van der Waals surface area (Å²) in [5.41, 5.74) is 5.50. The number of alkyl halides is 3. The maximum atomic E-state index is 13.7. The Bertz CT molecular complexity index is 1460. The molecule has 37 heavy (non-hydrogen) atoms. The summed E-state index contributed by atoms with van der Waals surface area (Å²) in [6.07, 6.45) is -4.32. The molecule has 4 N–H and O–H groups in total. The number of aliphatic hydroxyl groups excluding tert-OH is 1. The van der Waals surface area contributed by atoms with E-state index in [0.29, 0.717) is 16.3 Å². The van der Waals surface area contributed by atoms with Gasteiger partial charge in [-0.25, -0.2) is 14.5 Å². The molecule has 0 aliphatic carbocycles. The lowest BCUT2D eigenvalue weighted by Gasteiger charge is -2.14. The average Bonchev–Trinajstić information content (AvgIpc) is 3.25. The van der Waals surface area contributed by atoms with Crippen molar-refractivity contribution >= 4 is 28.8 Å². The first-order valence-electron chi connectivity index (χ1n) is 11.0. The quantitative estimate of drug-likeness (QED) is 0.324. The number of anilines is 1. The number of aryl methyl sites for hydroxylation is 1. The molecule has 0 fully saturated rings. The van der Waals surface area contributed by atoms with Crippen LogP contribution in [0.5, 0.6) is 5.88 Å². The Balaban J connectivity index is 1.65. The third-order valence-electron chi connectivity index (χ3n) is 5.74. The number of methoxy groups -OCH3 is 1. The number of carbonyl (C=O) groups excluding carboxylic acids is 1. The van der Waals surface area contributed by atoms with Crippen LogP contribution >= 0.6 is 11.6 Å². The zero-order valence-electron chi connectivity index (χ0n) is 19.7. The van der Waals surface area contributed by atoms with Crippen LogP contribution in [0, 0.1) is 6.92 Å². The summed E-state index contributed by atoms with van der Waals surface area (Å²) >= 11 is 5.86. The number of nitrogen functional groups attached to an aromatic ring is 1. The molecule has 1 unspecified atom stereocenters. The fraction of sp³-hybridized carbons (Fsp3) is 0.250. The van der Waals surface area contributed by atoms with Gasteiger partial charge in [0.05, 0.1) is 30.2 Å². The van der Waals surface area contributed by atoms with E-state index in [2.05, 4.69) is 20.4 Å². The second-order valence-electron chi connectivity index (χ2n) is 8.14. The molecule has 0 saturated heterocycles. The maximum Gasteiger partial charge on any atom is 0.418 e. The highest BCUT2D eigenvalue weighted by molar-refractivity contribution is 6.30. The molecule has 13 heteroatoms. The molecule has 4 rings (SSSR count). The molecule has 1 aromatic carbocycles. The minimum absolute atomic E-state index is 0.00498. The number of rotatable bonds is 7. The second-order valence-corrected chi connectivity index (χ2v) is 8.57. The van der Waals surface area contributed by atoms with Crippen molar-refractivity contribution in [1.82, 2.24) is 24.9 Å². The van der Waals surface area contributed by atoms with Crippen LogP contribution in [0.4, 0.5) is 19.0 Å². The van der Waals surface area contributed by atoms with Crippen LogP contribution in [0.2, 0.25) is 5.02 Å². The highest BCUT2D eigenvalue weighted by Crippen LogP contribution is 2.39. The number of nitrogens with zero attached hydrogens (tertiary/aromatic N) is 4. The molecule has 194 valence electrons. The third-order valence-corrected chi connectivity index (χ3v) is 5.99. The average molecular weight is 535 g/mol. The zero-order valence-corrected chi connectivity index (χ0v) is 20.4. The van der Waals surface area contributed by atoms with Crippen LogP contribution in [0.3, 0.4) is 0 Å². The number of halogens is 4. The first kappa shape index (κ1) is 26.2. The fourth-order valence-corrected chi connectivity index (χ4v) is 4.03. The number of aliphatic hydroxyl groups is 1. The molecule has 0 bridgehead atoms. The number of hydrogen-bond acceptors (Lipinski definition) is 7. The Hall–Kier alpha value is -3.90. The second kappa shape index (κ2) is 10.2. The van der Waals surface area contributed by atoms with Gasteiger partial charge in [0.2, 0.25) is 5.88 Å². The number of fused-ring (bicyclic) bond motifs is 1. The van der Waals surface area contributed by atoms with Gasteiger partial charge < -0.3 is 20.9 Å². The first-order chi connectivity index (χ1) is 17.5. The van der Waals surface area contributed by atoms with E-state index >= 15 is 0 Å². The Kier molecular flexibility index (Phi) is 7.23. The Morgan fingerprint density at radius 3 is 2.62 bits per heavy atom. The van der Waals surface area contributed by atoms with Crippen LogP contribution < -0.4 is 15.8 Å². The summed E-state index contributed by atoms with van der Waals surface area (Å²) in [4.78, 5) is 21.0. The number of ether oxygens (including phenoxy) is 1. The van der Waals surface area contributed by atoms with Gasteiger partial charge in [0, 0.05) is 17.1 Å². The lowest BCUT2D eigenvalue weighted by molar-refractivity contribution is -0.136. The molecular formula is C24H22ClF3N6O3. The SMILES string of the molecule is COc1nc(C)c(-c2cc(C(F)(F)F)c3c(N)ncnn23)cc1C(=O)NCCC(O)c1ccc(Cl)cc1. The van der Waals surface area contributed by atoms with Crippen LogP contribution in [0.25, 0.3) is 16.8 Å². The van der Waals surface area contributed by atoms with Crippen molar-refractivity contribution in [3.8, 4) is 17.1 Å². The van der Waals surface area contributed by atoms with Crippen LogP contribution in [-0.2, 0) is 6.18 Å².